The molecule has 1 unspecified atom stereocenters. The maximum absolute atomic E-state index is 4.31. The lowest BCUT2D eigenvalue weighted by atomic mass is 9.91. The fourth-order valence-electron chi connectivity index (χ4n) is 2.80. The molecule has 126 valence electrons. The molecule has 1 aliphatic heterocycles. The zero-order valence-electron chi connectivity index (χ0n) is 14.5. The number of likely N-dealkylation sites (N-methyl/N-ethyl adjacent to an activating group) is 1. The second-order valence-electron chi connectivity index (χ2n) is 6.97. The van der Waals surface area contributed by atoms with Gasteiger partial charge < -0.3 is 10.6 Å². The molecular weight excluding hydrogens is 375 g/mol. The predicted octanol–water partition coefficient (Wildman–Crippen LogP) is 3.08. The zero-order chi connectivity index (χ0) is 15.0. The molecule has 1 atom stereocenters. The molecule has 1 saturated heterocycles. The molecule has 21 heavy (non-hydrogen) atoms. The zero-order valence-corrected chi connectivity index (χ0v) is 16.9. The summed E-state index contributed by atoms with van der Waals surface area (Å²) in [6.45, 7) is 13.5. The van der Waals surface area contributed by atoms with E-state index >= 15 is 0 Å². The lowest BCUT2D eigenvalue weighted by molar-refractivity contribution is 0.267. The number of hydrogen-bond donors (Lipinski definition) is 2. The highest BCUT2D eigenvalue weighted by Crippen LogP contribution is 2.19. The molecule has 0 amide bonds. The van der Waals surface area contributed by atoms with E-state index in [9.17, 15) is 0 Å². The Balaban J connectivity index is 0.00000400. The number of halogens is 1. The van der Waals surface area contributed by atoms with Crippen LogP contribution in [0.1, 0.15) is 53.4 Å². The maximum atomic E-state index is 4.31. The van der Waals surface area contributed by atoms with Crippen molar-refractivity contribution >= 4 is 29.9 Å². The van der Waals surface area contributed by atoms with E-state index in [-0.39, 0.29) is 24.0 Å². The fraction of sp³-hybridized carbons (Fsp3) is 0.938. The van der Waals surface area contributed by atoms with E-state index in [4.69, 9.17) is 0 Å². The van der Waals surface area contributed by atoms with Crippen molar-refractivity contribution < 1.29 is 0 Å². The minimum absolute atomic E-state index is 0. The Labute approximate surface area is 148 Å². The third kappa shape index (κ3) is 8.86. The summed E-state index contributed by atoms with van der Waals surface area (Å²) in [4.78, 5) is 6.87. The standard InChI is InChI=1S/C16H34N4.HI/c1-6-20-12-7-9-14(20)13-19-15(17-5)18-11-8-10-16(2,3)4;/h14H,6-13H2,1-5H3,(H2,17,18,19);1H. The Morgan fingerprint density at radius 3 is 2.57 bits per heavy atom. The molecule has 0 radical (unpaired) electrons. The third-order valence-electron chi connectivity index (χ3n) is 4.03. The fourth-order valence-corrected chi connectivity index (χ4v) is 2.80. The highest BCUT2D eigenvalue weighted by molar-refractivity contribution is 14.0. The molecule has 0 saturated carbocycles. The van der Waals surface area contributed by atoms with Gasteiger partial charge >= 0.3 is 0 Å². The number of guanidine groups is 1. The van der Waals surface area contributed by atoms with E-state index in [1.54, 1.807) is 0 Å². The van der Waals surface area contributed by atoms with E-state index in [0.29, 0.717) is 11.5 Å². The van der Waals surface area contributed by atoms with Crippen molar-refractivity contribution in [3.8, 4) is 0 Å². The molecule has 0 aliphatic carbocycles. The first kappa shape index (κ1) is 21.0. The molecule has 0 aromatic rings. The largest absolute Gasteiger partial charge is 0.356 e. The normalized spacial score (nSPS) is 20.2. The summed E-state index contributed by atoms with van der Waals surface area (Å²) in [5.74, 6) is 0.946. The molecule has 0 aromatic carbocycles. The van der Waals surface area contributed by atoms with Crippen molar-refractivity contribution in [2.75, 3.05) is 33.2 Å². The van der Waals surface area contributed by atoms with Crippen LogP contribution in [0.2, 0.25) is 0 Å². The summed E-state index contributed by atoms with van der Waals surface area (Å²) in [6.07, 6.45) is 5.07. The van der Waals surface area contributed by atoms with Crippen LogP contribution < -0.4 is 10.6 Å². The number of hydrogen-bond acceptors (Lipinski definition) is 2. The number of aliphatic imine (C=N–C) groups is 1. The van der Waals surface area contributed by atoms with Crippen molar-refractivity contribution in [3.05, 3.63) is 0 Å². The van der Waals surface area contributed by atoms with Crippen molar-refractivity contribution in [1.29, 1.82) is 0 Å². The average Bonchev–Trinajstić information content (AvgIpc) is 2.84. The SMILES string of the molecule is CCN1CCCC1CNC(=NC)NCCCC(C)(C)C.I. The summed E-state index contributed by atoms with van der Waals surface area (Å²) in [5, 5.41) is 6.89. The van der Waals surface area contributed by atoms with Gasteiger partial charge in [0.15, 0.2) is 5.96 Å². The van der Waals surface area contributed by atoms with E-state index in [2.05, 4.69) is 48.2 Å². The van der Waals surface area contributed by atoms with Gasteiger partial charge in [-0.1, -0.05) is 27.7 Å². The molecule has 2 N–H and O–H groups in total. The molecule has 5 heteroatoms. The van der Waals surface area contributed by atoms with Crippen LogP contribution in [0.15, 0.2) is 4.99 Å². The van der Waals surface area contributed by atoms with Gasteiger partial charge in [0.2, 0.25) is 0 Å². The maximum Gasteiger partial charge on any atom is 0.191 e. The molecule has 1 heterocycles. The predicted molar refractivity (Wildman–Crippen MR) is 104 cm³/mol. The number of likely N-dealkylation sites (tertiary alicyclic amines) is 1. The highest BCUT2D eigenvalue weighted by Gasteiger charge is 2.22. The molecular formula is C16H35IN4. The average molecular weight is 410 g/mol. The number of nitrogens with zero attached hydrogens (tertiary/aromatic N) is 2. The molecule has 1 aliphatic rings. The molecule has 1 fully saturated rings. The number of rotatable bonds is 6. The smallest absolute Gasteiger partial charge is 0.191 e. The Kier molecular flexibility index (Phi) is 10.6. The lowest BCUT2D eigenvalue weighted by Crippen LogP contribution is -2.45. The van der Waals surface area contributed by atoms with E-state index in [1.165, 1.54) is 32.2 Å². The number of nitrogens with one attached hydrogen (secondary N) is 2. The minimum Gasteiger partial charge on any atom is -0.356 e. The van der Waals surface area contributed by atoms with Crippen LogP contribution in [-0.4, -0.2) is 50.1 Å². The molecule has 1 rings (SSSR count). The van der Waals surface area contributed by atoms with Crippen LogP contribution in [0, 0.1) is 5.41 Å². The van der Waals surface area contributed by atoms with Crippen molar-refractivity contribution in [1.82, 2.24) is 15.5 Å². The van der Waals surface area contributed by atoms with Crippen LogP contribution in [0.3, 0.4) is 0 Å². The van der Waals surface area contributed by atoms with Gasteiger partial charge in [0.1, 0.15) is 0 Å². The summed E-state index contributed by atoms with van der Waals surface area (Å²) in [6, 6.07) is 0.674. The summed E-state index contributed by atoms with van der Waals surface area (Å²) < 4.78 is 0. The van der Waals surface area contributed by atoms with Crippen LogP contribution in [0.25, 0.3) is 0 Å². The first-order valence-electron chi connectivity index (χ1n) is 8.15. The molecule has 0 bridgehead atoms. The van der Waals surface area contributed by atoms with Crippen molar-refractivity contribution in [2.45, 2.75) is 59.4 Å². The van der Waals surface area contributed by atoms with Gasteiger partial charge in [-0.2, -0.15) is 0 Å². The minimum atomic E-state index is 0. The summed E-state index contributed by atoms with van der Waals surface area (Å²) in [5.41, 5.74) is 0.421. The van der Waals surface area contributed by atoms with Crippen molar-refractivity contribution in [2.24, 2.45) is 10.4 Å². The van der Waals surface area contributed by atoms with Gasteiger partial charge in [-0.05, 0) is 44.2 Å². The highest BCUT2D eigenvalue weighted by atomic mass is 127. The van der Waals surface area contributed by atoms with Gasteiger partial charge in [-0.25, -0.2) is 0 Å². The lowest BCUT2D eigenvalue weighted by Gasteiger charge is -2.24. The Hall–Kier alpha value is -0.0400. The Morgan fingerprint density at radius 1 is 1.29 bits per heavy atom. The van der Waals surface area contributed by atoms with Gasteiger partial charge in [-0.3, -0.25) is 9.89 Å². The van der Waals surface area contributed by atoms with Gasteiger partial charge in [0.05, 0.1) is 0 Å². The van der Waals surface area contributed by atoms with Gasteiger partial charge in [-0.15, -0.1) is 24.0 Å². The summed E-state index contributed by atoms with van der Waals surface area (Å²) >= 11 is 0. The third-order valence-corrected chi connectivity index (χ3v) is 4.03. The molecule has 0 aromatic heterocycles. The monoisotopic (exact) mass is 410 g/mol. The molecule has 4 nitrogen and oxygen atoms in total. The molecule has 0 spiro atoms. The summed E-state index contributed by atoms with van der Waals surface area (Å²) in [7, 11) is 1.85. The van der Waals surface area contributed by atoms with Crippen LogP contribution in [0.4, 0.5) is 0 Å². The van der Waals surface area contributed by atoms with E-state index in [0.717, 1.165) is 25.6 Å². The van der Waals surface area contributed by atoms with E-state index in [1.807, 2.05) is 7.05 Å². The first-order chi connectivity index (χ1) is 9.46. The van der Waals surface area contributed by atoms with Crippen LogP contribution in [0.5, 0.6) is 0 Å². The van der Waals surface area contributed by atoms with Crippen LogP contribution in [-0.2, 0) is 0 Å². The first-order valence-corrected chi connectivity index (χ1v) is 8.15. The van der Waals surface area contributed by atoms with Crippen molar-refractivity contribution in [3.63, 3.8) is 0 Å². The quantitative estimate of drug-likeness (QED) is 0.306. The van der Waals surface area contributed by atoms with E-state index < -0.39 is 0 Å². The van der Waals surface area contributed by atoms with Gasteiger partial charge in [0.25, 0.3) is 0 Å². The Morgan fingerprint density at radius 2 is 2.00 bits per heavy atom. The Bertz CT molecular complexity index is 299. The topological polar surface area (TPSA) is 39.7 Å². The van der Waals surface area contributed by atoms with Crippen LogP contribution >= 0.6 is 24.0 Å². The van der Waals surface area contributed by atoms with Gasteiger partial charge in [0, 0.05) is 26.2 Å². The second kappa shape index (κ2) is 10.6. The second-order valence-corrected chi connectivity index (χ2v) is 6.97.